The Morgan fingerprint density at radius 1 is 0.340 bits per heavy atom. The number of benzene rings is 9. The summed E-state index contributed by atoms with van der Waals surface area (Å²) in [5, 5.41) is 15.7. The van der Waals surface area contributed by atoms with E-state index < -0.39 is 0 Å². The quantitative estimate of drug-likeness (QED) is 0.164. The first-order valence-electron chi connectivity index (χ1n) is 17.5. The minimum Gasteiger partial charge on any atom is -0.256 e. The number of nitrogens with zero attached hydrogens (tertiary/aromatic N) is 1. The van der Waals surface area contributed by atoms with Gasteiger partial charge in [0.15, 0.2) is 0 Å². The van der Waals surface area contributed by atoms with Crippen molar-refractivity contribution in [3.63, 3.8) is 0 Å². The largest absolute Gasteiger partial charge is 0.256 e. The lowest BCUT2D eigenvalue weighted by Crippen LogP contribution is -1.91. The average Bonchev–Trinajstić information content (AvgIpc) is 3.67. The maximum absolute atomic E-state index is 4.88. The van der Waals surface area contributed by atoms with E-state index in [0.29, 0.717) is 0 Å². The lowest BCUT2D eigenvalue weighted by Gasteiger charge is -2.18. The molecule has 50 heavy (non-hydrogen) atoms. The van der Waals surface area contributed by atoms with Crippen LogP contribution in [0, 0.1) is 13.8 Å². The number of aryl methyl sites for hydroxylation is 2. The van der Waals surface area contributed by atoms with E-state index in [1.165, 1.54) is 126 Å². The highest BCUT2D eigenvalue weighted by Crippen LogP contribution is 2.54. The molecule has 9 aromatic carbocycles. The van der Waals surface area contributed by atoms with Crippen LogP contribution in [-0.2, 0) is 0 Å². The van der Waals surface area contributed by atoms with Gasteiger partial charge in [0.05, 0.1) is 5.69 Å². The van der Waals surface area contributed by atoms with E-state index >= 15 is 0 Å². The molecule has 1 heteroatoms. The predicted octanol–water partition coefficient (Wildman–Crippen LogP) is 13.6. The molecule has 0 aliphatic heterocycles. The molecule has 1 aromatic heterocycles. The summed E-state index contributed by atoms with van der Waals surface area (Å²) in [5.74, 6) is 0. The Morgan fingerprint density at radius 2 is 0.940 bits per heavy atom. The van der Waals surface area contributed by atoms with E-state index in [0.717, 1.165) is 5.69 Å². The van der Waals surface area contributed by atoms with Crippen molar-refractivity contribution in [2.75, 3.05) is 0 Å². The molecule has 230 valence electrons. The third kappa shape index (κ3) is 3.21. The highest BCUT2D eigenvalue weighted by molar-refractivity contribution is 6.32. The van der Waals surface area contributed by atoms with Crippen molar-refractivity contribution in [1.82, 2.24) is 4.98 Å². The lowest BCUT2D eigenvalue weighted by molar-refractivity contribution is 1.35. The molecule has 1 heterocycles. The van der Waals surface area contributed by atoms with Gasteiger partial charge in [-0.15, -0.1) is 0 Å². The monoisotopic (exact) mass is 631 g/mol. The van der Waals surface area contributed by atoms with Gasteiger partial charge in [0, 0.05) is 17.3 Å². The first-order valence-corrected chi connectivity index (χ1v) is 17.5. The van der Waals surface area contributed by atoms with Gasteiger partial charge in [-0.25, -0.2) is 0 Å². The fraction of sp³-hybridized carbons (Fsp3) is 0.0408. The number of hydrogen-bond donors (Lipinski definition) is 0. The lowest BCUT2D eigenvalue weighted by atomic mass is 9.85. The van der Waals surface area contributed by atoms with Gasteiger partial charge < -0.3 is 0 Å². The van der Waals surface area contributed by atoms with E-state index in [4.69, 9.17) is 4.98 Å². The van der Waals surface area contributed by atoms with Crippen LogP contribution in [0.2, 0.25) is 0 Å². The summed E-state index contributed by atoms with van der Waals surface area (Å²) in [6, 6.07) is 50.6. The zero-order chi connectivity index (χ0) is 32.8. The zero-order valence-electron chi connectivity index (χ0n) is 27.7. The van der Waals surface area contributed by atoms with Crippen LogP contribution in [0.15, 0.2) is 140 Å². The van der Waals surface area contributed by atoms with Gasteiger partial charge in [0.2, 0.25) is 0 Å². The van der Waals surface area contributed by atoms with E-state index in [-0.39, 0.29) is 0 Å². The van der Waals surface area contributed by atoms with E-state index in [9.17, 15) is 0 Å². The van der Waals surface area contributed by atoms with Crippen molar-refractivity contribution in [1.29, 1.82) is 0 Å². The fourth-order valence-electron chi connectivity index (χ4n) is 9.62. The highest BCUT2D eigenvalue weighted by atomic mass is 14.7. The molecule has 2 aliphatic carbocycles. The molecule has 0 saturated carbocycles. The van der Waals surface area contributed by atoms with Gasteiger partial charge in [-0.3, -0.25) is 4.98 Å². The number of pyridine rings is 1. The molecule has 0 radical (unpaired) electrons. The van der Waals surface area contributed by atoms with Crippen molar-refractivity contribution in [3.05, 3.63) is 151 Å². The first-order chi connectivity index (χ1) is 24.6. The molecule has 10 aromatic rings. The summed E-state index contributed by atoms with van der Waals surface area (Å²) in [6.07, 6.45) is 1.92. The van der Waals surface area contributed by atoms with Crippen molar-refractivity contribution in [2.45, 2.75) is 13.8 Å². The Bertz CT molecular complexity index is 3220. The Balaban J connectivity index is 1.26. The highest BCUT2D eigenvalue weighted by Gasteiger charge is 2.27. The zero-order valence-corrected chi connectivity index (χ0v) is 27.7. The number of aromatic nitrogens is 1. The fourth-order valence-corrected chi connectivity index (χ4v) is 9.62. The second-order valence-corrected chi connectivity index (χ2v) is 14.3. The van der Waals surface area contributed by atoms with Crippen LogP contribution in [0.25, 0.3) is 120 Å². The normalized spacial score (nSPS) is 12.6. The van der Waals surface area contributed by atoms with Crippen LogP contribution in [0.1, 0.15) is 11.1 Å². The van der Waals surface area contributed by atoms with Crippen LogP contribution in [0.4, 0.5) is 0 Å². The molecule has 2 aliphatic rings. The molecule has 0 bridgehead atoms. The number of fused-ring (bicyclic) bond motifs is 14. The van der Waals surface area contributed by atoms with Gasteiger partial charge in [-0.05, 0) is 153 Å². The molecule has 0 amide bonds. The predicted molar refractivity (Wildman–Crippen MR) is 213 cm³/mol. The van der Waals surface area contributed by atoms with Crippen LogP contribution >= 0.6 is 0 Å². The third-order valence-corrected chi connectivity index (χ3v) is 11.7. The van der Waals surface area contributed by atoms with Gasteiger partial charge in [0.1, 0.15) is 0 Å². The molecule has 0 N–H and O–H groups in total. The molecule has 1 nitrogen and oxygen atoms in total. The SMILES string of the molecule is Cc1ccc2c(c1)c(-c1cc3c4cccc5c4c(cc3c3ccccc13)-c1ncccc1-5)cc1c3ccc(C)c4c3c(cc21)-c1ccccc1-4. The van der Waals surface area contributed by atoms with E-state index in [1.807, 2.05) is 6.20 Å². The minimum absolute atomic E-state index is 1.09. The smallest absolute Gasteiger partial charge is 0.0787 e. The summed E-state index contributed by atoms with van der Waals surface area (Å²) in [4.78, 5) is 4.88. The Labute approximate surface area is 289 Å². The summed E-state index contributed by atoms with van der Waals surface area (Å²) in [7, 11) is 0. The van der Waals surface area contributed by atoms with Crippen LogP contribution < -0.4 is 0 Å². The molecule has 0 saturated heterocycles. The maximum atomic E-state index is 4.88. The van der Waals surface area contributed by atoms with Crippen molar-refractivity contribution < 1.29 is 0 Å². The summed E-state index contributed by atoms with van der Waals surface area (Å²) in [6.45, 7) is 4.47. The third-order valence-electron chi connectivity index (χ3n) is 11.7. The van der Waals surface area contributed by atoms with Gasteiger partial charge in [-0.2, -0.15) is 0 Å². The Hall–Kier alpha value is -6.31. The van der Waals surface area contributed by atoms with Crippen LogP contribution in [0.3, 0.4) is 0 Å². The molecule has 12 rings (SSSR count). The number of rotatable bonds is 1. The molecule has 0 spiro atoms. The van der Waals surface area contributed by atoms with Crippen LogP contribution in [-0.4, -0.2) is 4.98 Å². The second-order valence-electron chi connectivity index (χ2n) is 14.3. The van der Waals surface area contributed by atoms with Gasteiger partial charge in [0.25, 0.3) is 0 Å². The van der Waals surface area contributed by atoms with Crippen molar-refractivity contribution in [3.8, 4) is 55.8 Å². The van der Waals surface area contributed by atoms with Crippen molar-refractivity contribution >= 4 is 64.6 Å². The Morgan fingerprint density at radius 3 is 1.80 bits per heavy atom. The average molecular weight is 632 g/mol. The minimum atomic E-state index is 1.09. The molecule has 0 fully saturated rings. The summed E-state index contributed by atoms with van der Waals surface area (Å²) in [5.41, 5.74) is 15.4. The topological polar surface area (TPSA) is 12.9 Å². The van der Waals surface area contributed by atoms with E-state index in [2.05, 4.69) is 147 Å². The van der Waals surface area contributed by atoms with Gasteiger partial charge >= 0.3 is 0 Å². The molecular formula is C49H29N. The molecule has 0 unspecified atom stereocenters. The second kappa shape index (κ2) is 9.22. The van der Waals surface area contributed by atoms with Gasteiger partial charge in [-0.1, -0.05) is 109 Å². The van der Waals surface area contributed by atoms with E-state index in [1.54, 1.807) is 0 Å². The Kier molecular flexibility index (Phi) is 4.91. The maximum Gasteiger partial charge on any atom is 0.0787 e. The molecular weight excluding hydrogens is 603 g/mol. The van der Waals surface area contributed by atoms with Crippen molar-refractivity contribution in [2.24, 2.45) is 0 Å². The summed E-state index contributed by atoms with van der Waals surface area (Å²) < 4.78 is 0. The van der Waals surface area contributed by atoms with Crippen LogP contribution in [0.5, 0.6) is 0 Å². The molecule has 0 atom stereocenters. The first kappa shape index (κ1) is 26.6. The summed E-state index contributed by atoms with van der Waals surface area (Å²) >= 11 is 0. The standard InChI is InChI=1S/C49H29N/c1-26-16-18-31-37(21-26)43(23-42-35-19-17-27(2)46-32-12-6-5-11-30(32)44(48(35)46)24-39(31)42)38-22-41-34-14-7-13-33-36-15-8-20-50-49(36)45(47(33)34)25-40(41)29-10-4-3-9-28(29)38/h3-25H,1-2H3. The number of hydrogen-bond acceptors (Lipinski definition) is 1.